The topological polar surface area (TPSA) is 3.24 Å². The van der Waals surface area contributed by atoms with Crippen molar-refractivity contribution in [2.24, 2.45) is 0 Å². The van der Waals surface area contributed by atoms with E-state index in [1.165, 1.54) is 0 Å². The fourth-order valence-corrected chi connectivity index (χ4v) is 2.68. The van der Waals surface area contributed by atoms with E-state index in [0.717, 1.165) is 21.5 Å². The summed E-state index contributed by atoms with van der Waals surface area (Å²) in [6, 6.07) is 29.0. The summed E-state index contributed by atoms with van der Waals surface area (Å²) in [4.78, 5) is 2.24. The van der Waals surface area contributed by atoms with Crippen molar-refractivity contribution in [3.05, 3.63) is 89.4 Å². The Labute approximate surface area is 152 Å². The van der Waals surface area contributed by atoms with E-state index in [1.54, 1.807) is 0 Å². The summed E-state index contributed by atoms with van der Waals surface area (Å²) >= 11 is 3.65. The Morgan fingerprint density at radius 2 is 1.05 bits per heavy atom. The molecular formula is C18H16BrMgN. The number of para-hydroxylation sites is 3. The van der Waals surface area contributed by atoms with Gasteiger partial charge in [0.15, 0.2) is 0 Å². The van der Waals surface area contributed by atoms with E-state index >= 15 is 0 Å². The molecule has 0 bridgehead atoms. The molecule has 0 saturated carbocycles. The van der Waals surface area contributed by atoms with Gasteiger partial charge in [-0.05, 0) is 52.3 Å². The maximum absolute atomic E-state index is 3.65. The molecule has 0 aliphatic rings. The molecule has 1 nitrogen and oxygen atoms in total. The van der Waals surface area contributed by atoms with Crippen LogP contribution in [0.1, 0.15) is 2.85 Å². The van der Waals surface area contributed by atoms with E-state index in [4.69, 9.17) is 0 Å². The number of anilines is 3. The van der Waals surface area contributed by atoms with Crippen molar-refractivity contribution < 1.29 is 2.85 Å². The van der Waals surface area contributed by atoms with Crippen LogP contribution in [-0.2, 0) is 0 Å². The third-order valence-corrected chi connectivity index (χ3v) is 3.79. The number of nitrogens with zero attached hydrogens (tertiary/aromatic N) is 1. The number of hydrogen-bond acceptors (Lipinski definition) is 1. The molecule has 0 amide bonds. The van der Waals surface area contributed by atoms with Crippen LogP contribution in [0.3, 0.4) is 0 Å². The van der Waals surface area contributed by atoms with Gasteiger partial charge in [-0.25, -0.2) is 0 Å². The first-order chi connectivity index (χ1) is 9.86. The van der Waals surface area contributed by atoms with E-state index in [0.29, 0.717) is 0 Å². The van der Waals surface area contributed by atoms with Crippen LogP contribution in [0, 0.1) is 0 Å². The van der Waals surface area contributed by atoms with Gasteiger partial charge in [-0.2, -0.15) is 0 Å². The first kappa shape index (κ1) is 16.1. The molecule has 3 aromatic carbocycles. The second-order valence-corrected chi connectivity index (χ2v) is 5.31. The summed E-state index contributed by atoms with van der Waals surface area (Å²) < 4.78 is 1.08. The van der Waals surface area contributed by atoms with Gasteiger partial charge in [-0.15, -0.1) is 0 Å². The Morgan fingerprint density at radius 1 is 0.619 bits per heavy atom. The van der Waals surface area contributed by atoms with Gasteiger partial charge < -0.3 is 7.75 Å². The quantitative estimate of drug-likeness (QED) is 0.543. The minimum absolute atomic E-state index is 0. The smallest absolute Gasteiger partial charge is 1.00 e. The Morgan fingerprint density at radius 3 is 1.52 bits per heavy atom. The fraction of sp³-hybridized carbons (Fsp3) is 0. The monoisotopic (exact) mass is 349 g/mol. The van der Waals surface area contributed by atoms with Gasteiger partial charge in [0.1, 0.15) is 0 Å². The van der Waals surface area contributed by atoms with E-state index < -0.39 is 0 Å². The predicted molar refractivity (Wildman–Crippen MR) is 96.8 cm³/mol. The Bertz CT molecular complexity index is 656. The molecule has 0 saturated heterocycles. The molecule has 0 atom stereocenters. The molecule has 3 rings (SSSR count). The predicted octanol–water partition coefficient (Wildman–Crippen LogP) is 5.76. The van der Waals surface area contributed by atoms with E-state index in [-0.39, 0.29) is 25.9 Å². The van der Waals surface area contributed by atoms with Gasteiger partial charge in [-0.1, -0.05) is 48.5 Å². The van der Waals surface area contributed by atoms with Crippen molar-refractivity contribution in [1.82, 2.24) is 0 Å². The van der Waals surface area contributed by atoms with Gasteiger partial charge in [0.05, 0.1) is 5.69 Å². The summed E-state index contributed by atoms with van der Waals surface area (Å²) in [7, 11) is 0. The maximum atomic E-state index is 3.65. The van der Waals surface area contributed by atoms with Crippen molar-refractivity contribution >= 4 is 56.0 Å². The zero-order chi connectivity index (χ0) is 13.8. The van der Waals surface area contributed by atoms with Crippen molar-refractivity contribution in [2.75, 3.05) is 4.90 Å². The number of halogens is 1. The number of hydrogen-bond donors (Lipinski definition) is 0. The number of benzene rings is 3. The van der Waals surface area contributed by atoms with Crippen LogP contribution in [0.15, 0.2) is 89.4 Å². The molecule has 102 valence electrons. The molecular weight excluding hydrogens is 334 g/mol. The molecule has 0 fully saturated rings. The second-order valence-electron chi connectivity index (χ2n) is 4.46. The largest absolute Gasteiger partial charge is 2.00 e. The zero-order valence-corrected chi connectivity index (χ0v) is 14.6. The summed E-state index contributed by atoms with van der Waals surface area (Å²) in [5, 5.41) is 0. The summed E-state index contributed by atoms with van der Waals surface area (Å²) in [6.45, 7) is 0. The molecule has 0 aliphatic carbocycles. The third-order valence-electron chi connectivity index (χ3n) is 3.12. The number of rotatable bonds is 3. The second kappa shape index (κ2) is 7.64. The van der Waals surface area contributed by atoms with Crippen molar-refractivity contribution in [1.29, 1.82) is 0 Å². The standard InChI is InChI=1S/C18H14BrN.Mg.2H/c19-17-13-7-8-14-18(17)20(15-9-3-1-4-10-15)16-11-5-2-6-12-16;;;/h1-14H;;;/q;+2;2*-1. The van der Waals surface area contributed by atoms with Crippen LogP contribution in [0.4, 0.5) is 17.1 Å². The van der Waals surface area contributed by atoms with Gasteiger partial charge in [0.2, 0.25) is 0 Å². The first-order valence-electron chi connectivity index (χ1n) is 6.51. The van der Waals surface area contributed by atoms with Crippen molar-refractivity contribution in [3.8, 4) is 0 Å². The molecule has 0 aliphatic heterocycles. The average Bonchev–Trinajstić information content (AvgIpc) is 2.52. The fourth-order valence-electron chi connectivity index (χ4n) is 2.21. The minimum Gasteiger partial charge on any atom is -1.00 e. The Balaban J connectivity index is 0.00000161. The van der Waals surface area contributed by atoms with Crippen LogP contribution in [-0.4, -0.2) is 23.1 Å². The van der Waals surface area contributed by atoms with Gasteiger partial charge in [0.25, 0.3) is 0 Å². The first-order valence-corrected chi connectivity index (χ1v) is 7.30. The molecule has 3 heteroatoms. The Hall–Kier alpha value is -1.29. The molecule has 0 radical (unpaired) electrons. The average molecular weight is 351 g/mol. The summed E-state index contributed by atoms with van der Waals surface area (Å²) in [6.07, 6.45) is 0. The molecule has 0 unspecified atom stereocenters. The molecule has 21 heavy (non-hydrogen) atoms. The van der Waals surface area contributed by atoms with E-state index in [9.17, 15) is 0 Å². The summed E-state index contributed by atoms with van der Waals surface area (Å²) in [5.41, 5.74) is 3.42. The van der Waals surface area contributed by atoms with Crippen molar-refractivity contribution in [2.45, 2.75) is 0 Å². The van der Waals surface area contributed by atoms with Gasteiger partial charge >= 0.3 is 23.1 Å². The minimum atomic E-state index is 0. The van der Waals surface area contributed by atoms with E-state index in [2.05, 4.69) is 87.6 Å². The molecule has 3 aromatic rings. The molecule has 0 heterocycles. The Kier molecular flexibility index (Phi) is 5.85. The van der Waals surface area contributed by atoms with E-state index in [1.807, 2.05) is 18.2 Å². The molecule has 0 aromatic heterocycles. The maximum Gasteiger partial charge on any atom is 2.00 e. The third kappa shape index (κ3) is 3.67. The molecule has 0 spiro atoms. The zero-order valence-electron chi connectivity index (χ0n) is 13.6. The SMILES string of the molecule is Brc1ccccc1N(c1ccccc1)c1ccccc1.[H-].[H-].[Mg+2]. The normalized spacial score (nSPS) is 9.76. The van der Waals surface area contributed by atoms with Crippen LogP contribution < -0.4 is 4.90 Å². The molecule has 0 N–H and O–H groups in total. The van der Waals surface area contributed by atoms with Crippen LogP contribution in [0.2, 0.25) is 0 Å². The van der Waals surface area contributed by atoms with Crippen LogP contribution in [0.25, 0.3) is 0 Å². The van der Waals surface area contributed by atoms with Crippen molar-refractivity contribution in [3.63, 3.8) is 0 Å². The van der Waals surface area contributed by atoms with Crippen LogP contribution in [0.5, 0.6) is 0 Å². The van der Waals surface area contributed by atoms with Crippen LogP contribution >= 0.6 is 15.9 Å². The van der Waals surface area contributed by atoms with Gasteiger partial charge in [-0.3, -0.25) is 0 Å². The van der Waals surface area contributed by atoms with Gasteiger partial charge in [0, 0.05) is 15.8 Å². The summed E-state index contributed by atoms with van der Waals surface area (Å²) in [5.74, 6) is 0.